The minimum Gasteiger partial charge on any atom is -0.507 e. The Balaban J connectivity index is 1.51. The fraction of sp³-hybridized carbons (Fsp3) is 0.600. The summed E-state index contributed by atoms with van der Waals surface area (Å²) in [6.45, 7) is 16.1. The number of ketones is 1. The molecule has 0 saturated carbocycles. The van der Waals surface area contributed by atoms with Crippen molar-refractivity contribution in [2.45, 2.75) is 111 Å². The maximum atomic E-state index is 14.7. The van der Waals surface area contributed by atoms with E-state index in [1.54, 1.807) is 60.6 Å². The first-order valence-electron chi connectivity index (χ1n) is 21.6. The fourth-order valence-electron chi connectivity index (χ4n) is 9.01. The van der Waals surface area contributed by atoms with Gasteiger partial charge < -0.3 is 54.1 Å². The van der Waals surface area contributed by atoms with Crippen molar-refractivity contribution in [3.05, 3.63) is 58.0 Å². The Morgan fingerprint density at radius 3 is 2.11 bits per heavy atom. The Hall–Kier alpha value is -4.19. The Bertz CT molecular complexity index is 2370. The van der Waals surface area contributed by atoms with Crippen LogP contribution in [0.15, 0.2) is 46.1 Å². The van der Waals surface area contributed by atoms with Gasteiger partial charge in [-0.2, -0.15) is 0 Å². The predicted octanol–water partition coefficient (Wildman–Crippen LogP) is 4.75. The molecule has 0 radical (unpaired) electrons. The van der Waals surface area contributed by atoms with Crippen LogP contribution in [0.2, 0.25) is 0 Å². The van der Waals surface area contributed by atoms with Gasteiger partial charge in [0.05, 0.1) is 60.2 Å². The van der Waals surface area contributed by atoms with Crippen LogP contribution in [0.4, 0.5) is 5.69 Å². The van der Waals surface area contributed by atoms with Gasteiger partial charge in [-0.3, -0.25) is 29.0 Å². The lowest BCUT2D eigenvalue weighted by molar-refractivity contribution is -0.112. The number of piperidine rings is 1. The van der Waals surface area contributed by atoms with E-state index in [1.807, 2.05) is 4.90 Å². The van der Waals surface area contributed by atoms with Gasteiger partial charge in [-0.25, -0.2) is 0 Å². The van der Waals surface area contributed by atoms with Gasteiger partial charge in [0.1, 0.15) is 28.8 Å². The molecule has 6 N–H and O–H groups in total. The van der Waals surface area contributed by atoms with Crippen LogP contribution in [0.5, 0.6) is 17.2 Å². The van der Waals surface area contributed by atoms with E-state index in [1.165, 1.54) is 39.4 Å². The normalized spacial score (nSPS) is 32.3. The van der Waals surface area contributed by atoms with E-state index in [9.17, 15) is 39.7 Å². The summed E-state index contributed by atoms with van der Waals surface area (Å²) < 4.78 is 42.5. The minimum atomic E-state index is -3.41. The number of hydrogen-bond acceptors (Lipinski definition) is 16. The number of rotatable bonds is 7. The van der Waals surface area contributed by atoms with Crippen LogP contribution in [-0.4, -0.2) is 118 Å². The zero-order valence-corrected chi connectivity index (χ0v) is 38.6. The number of allylic oxidation sites excluding steroid dienone is 2. The third-order valence-corrected chi connectivity index (χ3v) is 15.1. The summed E-state index contributed by atoms with van der Waals surface area (Å²) >= 11 is 0. The Morgan fingerprint density at radius 2 is 1.49 bits per heavy atom. The molecule has 2 aromatic carbocycles. The molecule has 17 nitrogen and oxygen atoms in total. The molecule has 6 rings (SSSR count). The number of aliphatic hydroxyl groups excluding tert-OH is 3. The first-order valence-corrected chi connectivity index (χ1v) is 23.4. The van der Waals surface area contributed by atoms with Gasteiger partial charge in [0.15, 0.2) is 11.4 Å². The number of nitrogens with one attached hydrogen (secondary N) is 1. The van der Waals surface area contributed by atoms with Gasteiger partial charge in [0.2, 0.25) is 0 Å². The molecule has 346 valence electrons. The molecule has 63 heavy (non-hydrogen) atoms. The van der Waals surface area contributed by atoms with Crippen LogP contribution in [0, 0.1) is 30.6 Å². The molecular formula is C45H63N4O13P. The molecule has 4 heterocycles. The van der Waals surface area contributed by atoms with Crippen molar-refractivity contribution in [3.8, 4) is 17.2 Å². The molecule has 9 atom stereocenters. The third-order valence-electron chi connectivity index (χ3n) is 13.0. The average Bonchev–Trinajstić information content (AvgIpc) is 3.75. The Morgan fingerprint density at radius 1 is 0.889 bits per heavy atom. The van der Waals surface area contributed by atoms with Crippen molar-refractivity contribution < 1.29 is 62.9 Å². The van der Waals surface area contributed by atoms with E-state index in [4.69, 9.17) is 33.2 Å². The molecule has 2 aromatic rings. The SMILES string of the molecule is CCOP(=O)(CN1CCC2(CC1)N=c1c3c(O)c4c(O)c(C)c5c(c4c1=N2)C(=O)[C@@](C)(O/C=C/[C@H](OC)[C@@H](C)[C@@H](O)[C@H](C)[C@H](O)[C@H](C)[C@@H](O)[C@@H](C)/C=C/C=C(/C)C(=O)N3)O5)OCC. The lowest BCUT2D eigenvalue weighted by Gasteiger charge is -2.36. The summed E-state index contributed by atoms with van der Waals surface area (Å²) in [5.41, 5.74) is -0.936. The lowest BCUT2D eigenvalue weighted by atomic mass is 9.78. The largest absolute Gasteiger partial charge is 0.507 e. The fourth-order valence-corrected chi connectivity index (χ4v) is 10.8. The number of hydrogen-bond donors (Lipinski definition) is 6. The van der Waals surface area contributed by atoms with Crippen LogP contribution < -0.4 is 20.8 Å². The standard InChI is InChI=1S/C45H63N4O13P/c1-11-60-63(57,61-12-2)22-49-19-17-45(18-20-49)47-33-30-31-39(53)28(8)41-32(30)42(55)44(9,62-41)59-21-16-29(58-10)25(5)37(51)27(7)38(52)26(6)36(50)23(3)14-13-15-24(4)43(56)46-35(40(31)54)34(33)48-45/h13-16,21,23,25-27,29,36-38,50-54H,11-12,17-20,22H2,1-10H3,(H,46,56)/b14-13+,21-16+,24-15-/t23-,25+,26+,27-,29-,36-,37+,38+,44-/m0/s1. The second kappa shape index (κ2) is 18.7. The maximum Gasteiger partial charge on any atom is 0.344 e. The predicted molar refractivity (Wildman–Crippen MR) is 234 cm³/mol. The first kappa shape index (κ1) is 48.3. The molecule has 1 spiro atoms. The number of benzene rings is 2. The number of methoxy groups -OCH3 is 1. The number of carbonyl (C=O) groups is 2. The number of fused-ring (bicyclic) bond motifs is 1. The highest BCUT2D eigenvalue weighted by molar-refractivity contribution is 7.53. The highest BCUT2D eigenvalue weighted by Crippen LogP contribution is 2.51. The number of ether oxygens (including phenoxy) is 3. The summed E-state index contributed by atoms with van der Waals surface area (Å²) in [6, 6.07) is 0. The smallest absolute Gasteiger partial charge is 0.344 e. The second-order valence-electron chi connectivity index (χ2n) is 17.4. The van der Waals surface area contributed by atoms with Crippen molar-refractivity contribution >= 4 is 35.7 Å². The number of amides is 1. The summed E-state index contributed by atoms with van der Waals surface area (Å²) in [5, 5.41) is 60.9. The molecule has 0 aliphatic carbocycles. The van der Waals surface area contributed by atoms with Gasteiger partial charge >= 0.3 is 13.4 Å². The highest BCUT2D eigenvalue weighted by atomic mass is 31.2. The number of Topliss-reactive ketones (excluding diaryl/α,β-unsaturated/α-hetero) is 1. The molecule has 4 bridgehead atoms. The molecule has 1 fully saturated rings. The number of likely N-dealkylation sites (tertiary alicyclic amines) is 1. The monoisotopic (exact) mass is 898 g/mol. The van der Waals surface area contributed by atoms with E-state index in [0.717, 1.165) is 0 Å². The topological polar surface area (TPSA) is 238 Å². The number of phenolic OH excluding ortho intramolecular Hbond substituents is 2. The molecule has 18 heteroatoms. The van der Waals surface area contributed by atoms with Gasteiger partial charge in [0.25, 0.3) is 11.7 Å². The Kier molecular flexibility index (Phi) is 14.3. The van der Waals surface area contributed by atoms with Gasteiger partial charge in [0, 0.05) is 80.2 Å². The third kappa shape index (κ3) is 9.08. The molecule has 0 unspecified atom stereocenters. The van der Waals surface area contributed by atoms with Crippen LogP contribution >= 0.6 is 7.60 Å². The number of aliphatic hydroxyl groups is 3. The van der Waals surface area contributed by atoms with Crippen LogP contribution in [0.3, 0.4) is 0 Å². The summed E-state index contributed by atoms with van der Waals surface area (Å²) in [4.78, 5) is 40.8. The maximum absolute atomic E-state index is 14.7. The Labute approximate surface area is 367 Å². The number of anilines is 1. The van der Waals surface area contributed by atoms with E-state index in [-0.39, 0.29) is 69.1 Å². The second-order valence-corrected chi connectivity index (χ2v) is 19.4. The first-order chi connectivity index (χ1) is 29.7. The number of nitrogens with zero attached hydrogens (tertiary/aromatic N) is 3. The summed E-state index contributed by atoms with van der Waals surface area (Å²) in [7, 11) is -1.96. The van der Waals surface area contributed by atoms with Gasteiger partial charge in [-0.05, 0) is 33.8 Å². The molecule has 4 aliphatic rings. The molecule has 4 aliphatic heterocycles. The van der Waals surface area contributed by atoms with Crippen molar-refractivity contribution in [2.75, 3.05) is 45.0 Å². The molecule has 1 saturated heterocycles. The van der Waals surface area contributed by atoms with Crippen LogP contribution in [-0.2, 0) is 27.9 Å². The highest BCUT2D eigenvalue weighted by Gasteiger charge is 2.50. The summed E-state index contributed by atoms with van der Waals surface area (Å²) in [5.74, 6) is -6.63. The van der Waals surface area contributed by atoms with Crippen molar-refractivity contribution in [3.63, 3.8) is 0 Å². The zero-order chi connectivity index (χ0) is 46.3. The van der Waals surface area contributed by atoms with Crippen molar-refractivity contribution in [1.29, 1.82) is 0 Å². The van der Waals surface area contributed by atoms with E-state index in [0.29, 0.717) is 25.9 Å². The summed E-state index contributed by atoms with van der Waals surface area (Å²) in [6.07, 6.45) is 4.33. The lowest BCUT2D eigenvalue weighted by Crippen LogP contribution is -2.44. The van der Waals surface area contributed by atoms with Crippen LogP contribution in [0.25, 0.3) is 10.8 Å². The zero-order valence-electron chi connectivity index (χ0n) is 37.7. The minimum absolute atomic E-state index is 0.00405. The van der Waals surface area contributed by atoms with E-state index >= 15 is 0 Å². The quantitative estimate of drug-likeness (QED) is 0.163. The van der Waals surface area contributed by atoms with E-state index < -0.39 is 90.3 Å². The molecule has 1 amide bonds. The number of aromatic hydroxyl groups is 2. The molecule has 0 aromatic heterocycles. The van der Waals surface area contributed by atoms with E-state index in [2.05, 4.69) is 5.32 Å². The van der Waals surface area contributed by atoms with Gasteiger partial charge in [-0.15, -0.1) is 0 Å². The van der Waals surface area contributed by atoms with Crippen LogP contribution in [0.1, 0.15) is 84.2 Å². The van der Waals surface area contributed by atoms with Crippen molar-refractivity contribution in [1.82, 2.24) is 4.90 Å². The average molecular weight is 899 g/mol. The van der Waals surface area contributed by atoms with Gasteiger partial charge in [-0.1, -0.05) is 45.9 Å². The van der Waals surface area contributed by atoms with Crippen molar-refractivity contribution in [2.24, 2.45) is 33.7 Å². The number of phenols is 2. The molecular weight excluding hydrogens is 835 g/mol. The number of carbonyl (C=O) groups excluding carboxylic acids is 2.